The predicted octanol–water partition coefficient (Wildman–Crippen LogP) is 10.5. The second-order valence-corrected chi connectivity index (χ2v) is 31.6. The summed E-state index contributed by atoms with van der Waals surface area (Å²) in [5.74, 6) is 2.81. The van der Waals surface area contributed by atoms with Crippen LogP contribution in [0.5, 0.6) is 0 Å². The van der Waals surface area contributed by atoms with Gasteiger partial charge in [-0.05, 0) is 214 Å². The Kier molecular flexibility index (Phi) is 29.0. The lowest BCUT2D eigenvalue weighted by atomic mass is 9.76. The smallest absolute Gasteiger partial charge is 0.399 e. The molecule has 23 nitrogen and oxygen atoms in total. The first-order valence-electron chi connectivity index (χ1n) is 36.4. The Morgan fingerprint density at radius 2 is 0.943 bits per heavy atom. The van der Waals surface area contributed by atoms with Crippen molar-refractivity contribution in [2.75, 3.05) is 179 Å². The van der Waals surface area contributed by atoms with E-state index in [1.54, 1.807) is 12.1 Å². The number of carbonyl (C=O) groups is 2. The van der Waals surface area contributed by atoms with Crippen molar-refractivity contribution in [2.24, 2.45) is 11.8 Å². The number of pyridine rings is 3. The molecular formula is C73H99BF7I2N13O10. The number of carbonyl (C=O) groups excluding carboxylic acids is 2. The number of urea groups is 2. The maximum Gasteiger partial charge on any atom is 0.495 e. The summed E-state index contributed by atoms with van der Waals surface area (Å²) in [4.78, 5) is 52.5. The highest BCUT2D eigenvalue weighted by Crippen LogP contribution is 2.39. The number of morpholine rings is 3. The van der Waals surface area contributed by atoms with Crippen molar-refractivity contribution >= 4 is 110 Å². The predicted molar refractivity (Wildman–Crippen MR) is 412 cm³/mol. The summed E-state index contributed by atoms with van der Waals surface area (Å²) >= 11 is 4.42. The van der Waals surface area contributed by atoms with Gasteiger partial charge in [-0.25, -0.2) is 24.5 Å². The number of hydrogen-bond donors (Lipinski definition) is 6. The number of alkyl halides is 6. The van der Waals surface area contributed by atoms with E-state index in [0.29, 0.717) is 89.1 Å². The molecule has 14 rings (SSSR count). The molecule has 582 valence electrons. The Hall–Kier alpha value is -5.90. The fourth-order valence-electron chi connectivity index (χ4n) is 13.7. The number of anilines is 7. The van der Waals surface area contributed by atoms with Gasteiger partial charge in [-0.1, -0.05) is 17.7 Å². The minimum atomic E-state index is -4.22. The molecule has 3 aromatic heterocycles. The second kappa shape index (κ2) is 37.2. The van der Waals surface area contributed by atoms with E-state index in [4.69, 9.17) is 38.6 Å². The average Bonchev–Trinajstić information content (AvgIpc) is 1.59. The molecule has 6 N–H and O–H groups in total. The summed E-state index contributed by atoms with van der Waals surface area (Å²) in [6.07, 6.45) is -7.64. The number of hydrogen-bond acceptors (Lipinski definition) is 19. The third-order valence-electron chi connectivity index (χ3n) is 20.3. The zero-order chi connectivity index (χ0) is 76.1. The fourth-order valence-corrected chi connectivity index (χ4v) is 14.8. The van der Waals surface area contributed by atoms with Gasteiger partial charge >= 0.3 is 31.5 Å². The van der Waals surface area contributed by atoms with Crippen LogP contribution in [0.2, 0.25) is 0 Å². The van der Waals surface area contributed by atoms with Gasteiger partial charge in [0.15, 0.2) is 0 Å². The zero-order valence-corrected chi connectivity index (χ0v) is 65.3. The van der Waals surface area contributed by atoms with E-state index in [2.05, 4.69) is 97.8 Å². The number of benzene rings is 2. The lowest BCUT2D eigenvalue weighted by Gasteiger charge is -2.32. The van der Waals surface area contributed by atoms with E-state index >= 15 is 0 Å². The van der Waals surface area contributed by atoms with Crippen molar-refractivity contribution in [1.82, 2.24) is 30.1 Å². The van der Waals surface area contributed by atoms with Crippen LogP contribution in [-0.2, 0) is 23.5 Å². The molecule has 0 radical (unpaired) electrons. The first-order valence-corrected chi connectivity index (χ1v) is 38.5. The van der Waals surface area contributed by atoms with Crippen LogP contribution in [-0.4, -0.2) is 245 Å². The van der Waals surface area contributed by atoms with Gasteiger partial charge in [-0.3, -0.25) is 0 Å². The van der Waals surface area contributed by atoms with E-state index in [1.165, 1.54) is 19.4 Å². The van der Waals surface area contributed by atoms with Gasteiger partial charge in [-0.15, -0.1) is 0 Å². The molecule has 4 amide bonds. The first-order chi connectivity index (χ1) is 50.3. The van der Waals surface area contributed by atoms with Crippen molar-refractivity contribution in [3.8, 4) is 11.1 Å². The fraction of sp³-hybridized carbons (Fsp3) is 0.603. The van der Waals surface area contributed by atoms with E-state index < -0.39 is 67.3 Å². The number of nitrogens with one attached hydrogen (secondary N) is 3. The number of aliphatic hydroxyl groups excluding tert-OH is 3. The first kappa shape index (κ1) is 82.6. The molecule has 106 heavy (non-hydrogen) atoms. The van der Waals surface area contributed by atoms with Crippen LogP contribution >= 0.6 is 45.2 Å². The van der Waals surface area contributed by atoms with Crippen LogP contribution in [0.1, 0.15) is 83.8 Å². The molecule has 0 bridgehead atoms. The van der Waals surface area contributed by atoms with Crippen molar-refractivity contribution < 1.29 is 79.2 Å². The number of amides is 4. The number of β-amino-alcohol motifs (C(OH)–C–C–N with tert-alkyl or cyclic N) is 3. The van der Waals surface area contributed by atoms with E-state index in [9.17, 15) is 50.5 Å². The highest BCUT2D eigenvalue weighted by molar-refractivity contribution is 14.1. The number of likely N-dealkylation sites (tertiary alicyclic amines) is 2. The average molecular weight is 1720 g/mol. The Morgan fingerprint density at radius 1 is 0.528 bits per heavy atom. The number of ether oxygens (including phenoxy) is 3. The van der Waals surface area contributed by atoms with Gasteiger partial charge in [0.2, 0.25) is 5.95 Å². The number of halogens is 9. The number of nitrogens with zero attached hydrogens (tertiary/aromatic N) is 10. The molecule has 0 aliphatic carbocycles. The molecule has 9 saturated heterocycles. The Morgan fingerprint density at radius 3 is 1.35 bits per heavy atom. The van der Waals surface area contributed by atoms with Crippen molar-refractivity contribution in [3.05, 3.63) is 97.0 Å². The highest BCUT2D eigenvalue weighted by Gasteiger charge is 2.52. The van der Waals surface area contributed by atoms with Gasteiger partial charge in [0.1, 0.15) is 29.1 Å². The van der Waals surface area contributed by atoms with Crippen LogP contribution in [0, 0.1) is 38.8 Å². The van der Waals surface area contributed by atoms with Crippen molar-refractivity contribution in [3.63, 3.8) is 0 Å². The molecule has 33 heteroatoms. The van der Waals surface area contributed by atoms with E-state index in [-0.39, 0.29) is 37.4 Å². The highest BCUT2D eigenvalue weighted by atomic mass is 127. The molecule has 0 unspecified atom stereocenters. The second-order valence-electron chi connectivity index (χ2n) is 29.2. The van der Waals surface area contributed by atoms with Crippen LogP contribution in [0.4, 0.5) is 80.8 Å². The van der Waals surface area contributed by atoms with E-state index in [0.717, 1.165) is 146 Å². The van der Waals surface area contributed by atoms with Gasteiger partial charge in [0.05, 0.1) is 69.2 Å². The number of aryl methyl sites for hydroxylation is 2. The van der Waals surface area contributed by atoms with E-state index in [1.807, 2.05) is 88.9 Å². The number of rotatable bonds is 11. The minimum absolute atomic E-state index is 0.0648. The van der Waals surface area contributed by atoms with Gasteiger partial charge < -0.3 is 89.1 Å². The van der Waals surface area contributed by atoms with Crippen molar-refractivity contribution in [1.29, 1.82) is 0 Å². The zero-order valence-electron chi connectivity index (χ0n) is 61.0. The number of aromatic nitrogens is 3. The molecule has 0 saturated carbocycles. The maximum absolute atomic E-state index is 13.0. The van der Waals surface area contributed by atoms with Crippen molar-refractivity contribution in [2.45, 2.75) is 128 Å². The molecule has 2 aromatic carbocycles. The maximum atomic E-state index is 13.0. The molecular weight excluding hydrogens is 1620 g/mol. The Balaban J connectivity index is 0.000000155. The Bertz CT molecular complexity index is 3640. The largest absolute Gasteiger partial charge is 0.495 e. The van der Waals surface area contributed by atoms with Crippen LogP contribution in [0.3, 0.4) is 0 Å². The summed E-state index contributed by atoms with van der Waals surface area (Å²) in [5, 5.41) is 37.1. The lowest BCUT2D eigenvalue weighted by molar-refractivity contribution is -0.144. The monoisotopic (exact) mass is 1720 g/mol. The van der Waals surface area contributed by atoms with Crippen LogP contribution in [0.15, 0.2) is 72.8 Å². The molecule has 9 aliphatic rings. The van der Waals surface area contributed by atoms with Crippen LogP contribution < -0.4 is 45.9 Å². The quantitative estimate of drug-likeness (QED) is 0.0312. The standard InChI is InChI=1S/C27H34F3N5O3.C20H28BF3N2O3.C13H18IN3O2.C9H10FIN2O.C4H9NO/c1-18-2-3-21(31-26(37)35-6-4-19(16-35)15-27(28,29)30)14-23(18)20-12-24(33-8-10-38-11-9-33)32-25(13-20)34-7-5-22(36)17-34;1-13-6-7-15(10-16(13)21-28-18(2,3)19(4,5)29-21)25-17(27)26-9-8-14(12-26)11-20(22,23)24;14-10-7-12(16-3-5-19-6-4-16)15-13(8-10)17-2-1-11(18)9-17;10-8-5-7(11)6-9(12-8)13-1-3-14-4-2-13;6-4-1-2-5-3-4/h2-3,12-14,19,22,36H,4-11,15-17H2,1H3,(H,31,37);6-7,10,14H,8-9,11-12H2,1-5H3,(H,25,27);7-8,11,18H,1-6,9H2;5-6H,1-4H2;4-6H,1-3H2/t19-,22+;14-;11-;;4-/m001.1/s1. The third kappa shape index (κ3) is 24.1. The van der Waals surface area contributed by atoms with Gasteiger partial charge in [0, 0.05) is 136 Å². The molecule has 12 heterocycles. The topological polar surface area (TPSA) is 238 Å². The number of aliphatic hydroxyl groups is 3. The molecule has 5 atom stereocenters. The molecule has 9 aliphatic heterocycles. The summed E-state index contributed by atoms with van der Waals surface area (Å²) in [5.41, 5.74) is 4.85. The summed E-state index contributed by atoms with van der Waals surface area (Å²) in [7, 11) is -0.556. The van der Waals surface area contributed by atoms with Crippen LogP contribution in [0.25, 0.3) is 11.1 Å². The summed E-state index contributed by atoms with van der Waals surface area (Å²) in [6.45, 7) is 26.3. The molecule has 9 fully saturated rings. The summed E-state index contributed by atoms with van der Waals surface area (Å²) < 4.78 is 119. The summed E-state index contributed by atoms with van der Waals surface area (Å²) in [6, 6.07) is 21.9. The third-order valence-corrected chi connectivity index (χ3v) is 21.6. The lowest BCUT2D eigenvalue weighted by Crippen LogP contribution is -2.41. The normalized spacial score (nSPS) is 22.9. The molecule has 5 aromatic rings. The minimum Gasteiger partial charge on any atom is -0.399 e. The Labute approximate surface area is 643 Å². The van der Waals surface area contributed by atoms with Gasteiger partial charge in [-0.2, -0.15) is 30.7 Å². The SMILES string of the molecule is Cc1ccc(NC(=O)N2CC[C@@H](CC(F)(F)F)C2)cc1-c1cc(N2CCOCC2)nc(N2CC[C@@H](O)C2)c1.Cc1ccc(NC(=O)N2CC[C@@H](CC(F)(F)F)C2)cc1B1OC(C)(C)C(C)(C)O1.Fc1cc(I)cc(N2CCOCC2)n1.O[C@@H]1CCN(c2cc(I)cc(N3CCOCC3)n2)C1.O[C@@H]1CCNC1. The molecule has 0 spiro atoms. The van der Waals surface area contributed by atoms with Gasteiger partial charge in [0.25, 0.3) is 0 Å².